The van der Waals surface area contributed by atoms with Crippen molar-refractivity contribution < 1.29 is 58.9 Å². The Balaban J connectivity index is 1.01. The fourth-order valence-electron chi connectivity index (χ4n) is 15.6. The fourth-order valence-corrected chi connectivity index (χ4v) is 16.0. The van der Waals surface area contributed by atoms with Gasteiger partial charge >= 0.3 is 11.9 Å². The summed E-state index contributed by atoms with van der Waals surface area (Å²) in [7, 11) is 3.18. The topological polar surface area (TPSA) is 210 Å². The first-order valence-corrected chi connectivity index (χ1v) is 31.6. The minimum atomic E-state index is -2.72. The van der Waals surface area contributed by atoms with Crippen molar-refractivity contribution in [2.24, 2.45) is 35.5 Å². The van der Waals surface area contributed by atoms with Crippen LogP contribution in [0.25, 0.3) is 0 Å². The molecule has 4 aliphatic heterocycles. The van der Waals surface area contributed by atoms with E-state index in [2.05, 4.69) is 21.9 Å². The standard InChI is InChI=1S/C68H80Cl2N4O12/c1-40-9-20-56(75)50-16-11-44(50)34-74-37-66(24-6-8-43-26-49(70)15-19-53(43)66)39-85-62-55(74)28-47(68(83,64(80)81)31-61(77)71(3)32-40)29-59(62)86-57-21-10-41(2)33-72(4)60(76)30-67(82,63(78)79)46-13-22-58-54(27-46)73(35-45-12-17-51(45)57)36-65(38-84-58)23-5-7-42-25-48(69)14-18-52(42)65/h9-10,13-15,18-22,25-29,40-41,44-45,50-51,56-57,75,82-83H,5-8,11-12,16-17,23-24,30-39H2,1-4H3,(H,78,79)(H,80,81)/b20-9+,21-10+/t40?,41-,44-,45-,50+,51+,56?,57?,65-,66-,67+,68-/m0/s1. The van der Waals surface area contributed by atoms with Gasteiger partial charge in [0, 0.05) is 85.7 Å². The highest BCUT2D eigenvalue weighted by atomic mass is 35.5. The van der Waals surface area contributed by atoms with Gasteiger partial charge in [0.05, 0.1) is 43.5 Å². The number of carbonyl (C=O) groups excluding carboxylic acids is 2. The molecule has 16 nitrogen and oxygen atoms in total. The highest BCUT2D eigenvalue weighted by molar-refractivity contribution is 6.31. The molecule has 5 N–H and O–H groups in total. The largest absolute Gasteiger partial charge is 0.490 e. The van der Waals surface area contributed by atoms with E-state index in [-0.39, 0.29) is 72.1 Å². The number of aryl methyl sites for hydroxylation is 2. The zero-order valence-electron chi connectivity index (χ0n) is 49.6. The molecule has 2 amide bonds. The predicted octanol–water partition coefficient (Wildman–Crippen LogP) is 9.45. The zero-order chi connectivity index (χ0) is 60.6. The molecule has 18 heteroatoms. The van der Waals surface area contributed by atoms with Gasteiger partial charge < -0.3 is 59.3 Å². The number of hydrogen-bond acceptors (Lipinski definition) is 12. The molecule has 4 aromatic carbocycles. The van der Waals surface area contributed by atoms with Crippen LogP contribution < -0.4 is 24.0 Å². The van der Waals surface area contributed by atoms with Gasteiger partial charge in [0.1, 0.15) is 11.9 Å². The monoisotopic (exact) mass is 1210 g/mol. The minimum absolute atomic E-state index is 0.0329. The van der Waals surface area contributed by atoms with Crippen molar-refractivity contribution in [1.82, 2.24) is 9.80 Å². The number of aliphatic carboxylic acids is 2. The Bertz CT molecular complexity index is 3390. The van der Waals surface area contributed by atoms with Crippen LogP contribution in [0.3, 0.4) is 0 Å². The van der Waals surface area contributed by atoms with Gasteiger partial charge in [-0.2, -0.15) is 0 Å². The fraction of sp³-hybridized carbons (Fsp3) is 0.529. The summed E-state index contributed by atoms with van der Waals surface area (Å²) in [6.45, 7) is 6.74. The first-order chi connectivity index (χ1) is 41.0. The molecule has 0 saturated heterocycles. The maximum absolute atomic E-state index is 14.3. The lowest BCUT2D eigenvalue weighted by Crippen LogP contribution is -2.50. The molecule has 4 aromatic rings. The van der Waals surface area contributed by atoms with Gasteiger partial charge in [-0.3, -0.25) is 9.59 Å². The second kappa shape index (κ2) is 23.3. The molecule has 12 rings (SSSR count). The van der Waals surface area contributed by atoms with E-state index in [1.54, 1.807) is 44.4 Å². The number of amides is 2. The van der Waals surface area contributed by atoms with Crippen molar-refractivity contribution in [2.45, 2.75) is 125 Å². The number of carbonyl (C=O) groups is 4. The van der Waals surface area contributed by atoms with Crippen LogP contribution in [0.5, 0.6) is 17.2 Å². The maximum Gasteiger partial charge on any atom is 0.340 e. The molecule has 2 spiro atoms. The normalized spacial score (nSPS) is 33.6. The summed E-state index contributed by atoms with van der Waals surface area (Å²) in [5.41, 5.74) is -0.696. The Morgan fingerprint density at radius 3 is 1.70 bits per heavy atom. The van der Waals surface area contributed by atoms with E-state index in [9.17, 15) is 44.7 Å². The predicted molar refractivity (Wildman–Crippen MR) is 327 cm³/mol. The summed E-state index contributed by atoms with van der Waals surface area (Å²) in [6.07, 6.45) is 13.0. The number of ether oxygens (including phenoxy) is 3. The van der Waals surface area contributed by atoms with Crippen LogP contribution in [-0.2, 0) is 54.1 Å². The van der Waals surface area contributed by atoms with E-state index in [0.29, 0.717) is 65.7 Å². The van der Waals surface area contributed by atoms with E-state index in [0.717, 1.165) is 86.5 Å². The number of hydrogen-bond donors (Lipinski definition) is 5. The van der Waals surface area contributed by atoms with Gasteiger partial charge in [-0.15, -0.1) is 0 Å². The van der Waals surface area contributed by atoms with Crippen LogP contribution in [0.2, 0.25) is 10.0 Å². The van der Waals surface area contributed by atoms with Crippen molar-refractivity contribution in [1.29, 1.82) is 0 Å². The van der Waals surface area contributed by atoms with Crippen LogP contribution in [-0.4, -0.2) is 138 Å². The first kappa shape index (κ1) is 60.0. The van der Waals surface area contributed by atoms with Gasteiger partial charge in [-0.05, 0) is 176 Å². The zero-order valence-corrected chi connectivity index (χ0v) is 51.1. The van der Waals surface area contributed by atoms with Crippen LogP contribution in [0.1, 0.15) is 111 Å². The summed E-state index contributed by atoms with van der Waals surface area (Å²) in [5.74, 6) is -3.96. The highest BCUT2D eigenvalue weighted by Crippen LogP contribution is 2.53. The second-order valence-electron chi connectivity index (χ2n) is 26.7. The summed E-state index contributed by atoms with van der Waals surface area (Å²) in [4.78, 5) is 63.0. The number of carboxylic acids is 2. The first-order valence-electron chi connectivity index (χ1n) is 30.8. The van der Waals surface area contributed by atoms with Gasteiger partial charge in [-0.1, -0.05) is 73.5 Å². The quantitative estimate of drug-likeness (QED) is 0.121. The number of fused-ring (bicyclic) bond motifs is 8. The number of aliphatic hydroxyl groups is 3. The number of aliphatic hydroxyl groups excluding tert-OH is 1. The Kier molecular flexibility index (Phi) is 16.3. The molecule has 2 fully saturated rings. The Hall–Kier alpha value is -6.30. The highest BCUT2D eigenvalue weighted by Gasteiger charge is 2.51. The van der Waals surface area contributed by atoms with E-state index in [1.165, 1.54) is 9.80 Å². The van der Waals surface area contributed by atoms with Crippen LogP contribution in [0.4, 0.5) is 11.4 Å². The number of nitrogens with zero attached hydrogens (tertiary/aromatic N) is 4. The molecule has 2 saturated carbocycles. The molecular formula is C68H80Cl2N4O12. The third kappa shape index (κ3) is 11.1. The Morgan fingerprint density at radius 1 is 0.616 bits per heavy atom. The summed E-state index contributed by atoms with van der Waals surface area (Å²) < 4.78 is 21.6. The van der Waals surface area contributed by atoms with E-state index >= 15 is 0 Å². The van der Waals surface area contributed by atoms with Crippen LogP contribution in [0.15, 0.2) is 91.0 Å². The lowest BCUT2D eigenvalue weighted by molar-refractivity contribution is -0.164. The molecule has 4 bridgehead atoms. The summed E-state index contributed by atoms with van der Waals surface area (Å²) >= 11 is 13.3. The van der Waals surface area contributed by atoms with Gasteiger partial charge in [-0.25, -0.2) is 9.59 Å². The number of rotatable bonds is 4. The number of anilines is 2. The van der Waals surface area contributed by atoms with Crippen LogP contribution in [0, 0.1) is 35.5 Å². The number of halogens is 2. The van der Waals surface area contributed by atoms with Crippen molar-refractivity contribution in [3.8, 4) is 17.2 Å². The van der Waals surface area contributed by atoms with Crippen LogP contribution >= 0.6 is 23.2 Å². The molecular weight excluding hydrogens is 1140 g/mol. The third-order valence-corrected chi connectivity index (χ3v) is 21.3. The smallest absolute Gasteiger partial charge is 0.340 e. The SMILES string of the molecule is CC1/C=C/C(O)[C@@H]2CC[C@H]2CN2C[C@@]3(CCCc4cc(Cl)ccc43)COc3c(OC4/C=C/[C@H](C)CN(C)C(=O)C[C@](O)(C(=O)O)c5ccc6c(c5)N(C[C@@H]5CC[C@@H]45)C[C@@]4(CCCc5cc(Cl)ccc54)CO6)cc(cc32)[C@](O)(C(=O)O)CC(=O)N(C)C1. The second-order valence-corrected chi connectivity index (χ2v) is 27.6. The van der Waals surface area contributed by atoms with Crippen molar-refractivity contribution in [2.75, 3.05) is 76.4 Å². The molecule has 4 heterocycles. The number of carboxylic acid groups (broad SMARTS) is 2. The average Bonchev–Trinajstić information content (AvgIpc) is 1.54. The van der Waals surface area contributed by atoms with E-state index < -0.39 is 70.8 Å². The molecule has 3 unspecified atom stereocenters. The molecule has 8 aliphatic rings. The molecule has 4 aliphatic carbocycles. The number of benzene rings is 4. The molecule has 12 atom stereocenters. The van der Waals surface area contributed by atoms with Gasteiger partial charge in [0.15, 0.2) is 22.7 Å². The van der Waals surface area contributed by atoms with Gasteiger partial charge in [0.2, 0.25) is 11.8 Å². The molecule has 458 valence electrons. The van der Waals surface area contributed by atoms with E-state index in [4.69, 9.17) is 37.4 Å². The van der Waals surface area contributed by atoms with Crippen molar-refractivity contribution >= 4 is 58.3 Å². The van der Waals surface area contributed by atoms with Crippen molar-refractivity contribution in [3.63, 3.8) is 0 Å². The lowest BCUT2D eigenvalue weighted by Gasteiger charge is -2.46. The minimum Gasteiger partial charge on any atom is -0.490 e. The average molecular weight is 1220 g/mol. The Morgan fingerprint density at radius 2 is 1.14 bits per heavy atom. The maximum atomic E-state index is 14.3. The molecule has 0 aromatic heterocycles. The lowest BCUT2D eigenvalue weighted by atomic mass is 9.68. The van der Waals surface area contributed by atoms with E-state index in [1.807, 2.05) is 62.4 Å². The summed E-state index contributed by atoms with van der Waals surface area (Å²) in [6, 6.07) is 20.2. The molecule has 86 heavy (non-hydrogen) atoms. The van der Waals surface area contributed by atoms with Crippen molar-refractivity contribution in [3.05, 3.63) is 134 Å². The third-order valence-electron chi connectivity index (χ3n) is 20.8. The Labute approximate surface area is 513 Å². The van der Waals surface area contributed by atoms with Gasteiger partial charge in [0.25, 0.3) is 0 Å². The molecule has 0 radical (unpaired) electrons. The summed E-state index contributed by atoms with van der Waals surface area (Å²) in [5, 5.41) is 60.2.